The lowest BCUT2D eigenvalue weighted by Crippen LogP contribution is -2.37. The van der Waals surface area contributed by atoms with Crippen LogP contribution in [-0.4, -0.2) is 5.97 Å². The highest BCUT2D eigenvalue weighted by atomic mass is 16.4. The van der Waals surface area contributed by atoms with Crippen molar-refractivity contribution in [2.24, 2.45) is 5.41 Å². The van der Waals surface area contributed by atoms with Gasteiger partial charge in [0, 0.05) is 11.4 Å². The third-order valence-electron chi connectivity index (χ3n) is 2.94. The predicted octanol–water partition coefficient (Wildman–Crippen LogP) is 3.07. The van der Waals surface area contributed by atoms with Crippen molar-refractivity contribution in [3.63, 3.8) is 0 Å². The van der Waals surface area contributed by atoms with Crippen LogP contribution < -0.4 is 5.11 Å². The Labute approximate surface area is 99.7 Å². The molecular formula is C14H25O2-. The van der Waals surface area contributed by atoms with Gasteiger partial charge in [0.25, 0.3) is 0 Å². The molecule has 0 aromatic carbocycles. The molecule has 0 heterocycles. The maximum Gasteiger partial charge on any atom is 0.0473 e. The van der Waals surface area contributed by atoms with Crippen molar-refractivity contribution in [3.05, 3.63) is 11.6 Å². The van der Waals surface area contributed by atoms with E-state index in [4.69, 9.17) is 0 Å². The summed E-state index contributed by atoms with van der Waals surface area (Å²) >= 11 is 0. The number of hydrogen-bond donors (Lipinski definition) is 0. The van der Waals surface area contributed by atoms with E-state index in [1.54, 1.807) is 13.8 Å². The van der Waals surface area contributed by atoms with Gasteiger partial charge in [-0.25, -0.2) is 0 Å². The van der Waals surface area contributed by atoms with Crippen molar-refractivity contribution >= 4 is 5.97 Å². The van der Waals surface area contributed by atoms with Gasteiger partial charge in [-0.15, -0.1) is 0 Å². The molecule has 0 spiro atoms. The Morgan fingerprint density at radius 2 is 1.88 bits per heavy atom. The maximum absolute atomic E-state index is 10.8. The topological polar surface area (TPSA) is 40.1 Å². The lowest BCUT2D eigenvalue weighted by Gasteiger charge is -2.24. The second-order valence-electron chi connectivity index (χ2n) is 5.24. The molecule has 0 saturated heterocycles. The maximum atomic E-state index is 10.8. The van der Waals surface area contributed by atoms with Crippen molar-refractivity contribution in [1.82, 2.24) is 0 Å². The molecule has 0 N–H and O–H groups in total. The Kier molecular flexibility index (Phi) is 7.11. The van der Waals surface area contributed by atoms with Crippen molar-refractivity contribution < 1.29 is 9.90 Å². The van der Waals surface area contributed by atoms with E-state index in [-0.39, 0.29) is 0 Å². The summed E-state index contributed by atoms with van der Waals surface area (Å²) in [6, 6.07) is 0. The molecule has 0 saturated carbocycles. The van der Waals surface area contributed by atoms with Gasteiger partial charge >= 0.3 is 0 Å². The van der Waals surface area contributed by atoms with Crippen LogP contribution in [0.25, 0.3) is 0 Å². The van der Waals surface area contributed by atoms with Crippen LogP contribution in [0.15, 0.2) is 11.6 Å². The lowest BCUT2D eigenvalue weighted by atomic mass is 9.88. The number of carboxylic acids is 1. The number of aliphatic carboxylic acids is 1. The minimum atomic E-state index is -0.970. The summed E-state index contributed by atoms with van der Waals surface area (Å²) in [5, 5.41) is 10.8. The summed E-state index contributed by atoms with van der Waals surface area (Å²) in [6.45, 7) is 7.70. The molecule has 0 bridgehead atoms. The zero-order valence-corrected chi connectivity index (χ0v) is 11.1. The smallest absolute Gasteiger partial charge is 0.0473 e. The van der Waals surface area contributed by atoms with Crippen LogP contribution in [0.5, 0.6) is 0 Å². The molecule has 0 rings (SSSR count). The van der Waals surface area contributed by atoms with Crippen LogP contribution in [0, 0.1) is 5.41 Å². The second-order valence-corrected chi connectivity index (χ2v) is 5.24. The quantitative estimate of drug-likeness (QED) is 0.470. The molecular weight excluding hydrogens is 200 g/mol. The molecule has 0 aromatic rings. The van der Waals surface area contributed by atoms with Crippen LogP contribution in [0.3, 0.4) is 0 Å². The fraction of sp³-hybridized carbons (Fsp3) is 0.786. The molecule has 0 aromatic heterocycles. The molecule has 2 nitrogen and oxygen atoms in total. The van der Waals surface area contributed by atoms with Crippen molar-refractivity contribution in [3.8, 4) is 0 Å². The molecule has 0 atom stereocenters. The number of allylic oxidation sites excluding steroid dienone is 2. The fourth-order valence-electron chi connectivity index (χ4n) is 1.45. The lowest BCUT2D eigenvalue weighted by molar-refractivity contribution is -0.317. The highest BCUT2D eigenvalue weighted by Crippen LogP contribution is 2.21. The monoisotopic (exact) mass is 225 g/mol. The van der Waals surface area contributed by atoms with E-state index >= 15 is 0 Å². The van der Waals surface area contributed by atoms with Crippen LogP contribution in [0.1, 0.15) is 66.2 Å². The van der Waals surface area contributed by atoms with Gasteiger partial charge in [0.1, 0.15) is 0 Å². The first kappa shape index (κ1) is 15.2. The summed E-state index contributed by atoms with van der Waals surface area (Å²) < 4.78 is 0. The molecule has 0 aliphatic heterocycles. The van der Waals surface area contributed by atoms with E-state index in [1.807, 2.05) is 6.08 Å². The van der Waals surface area contributed by atoms with E-state index < -0.39 is 11.4 Å². The number of carboxylic acid groups (broad SMARTS) is 1. The first-order valence-corrected chi connectivity index (χ1v) is 6.27. The third kappa shape index (κ3) is 6.65. The van der Waals surface area contributed by atoms with Crippen LogP contribution in [0.4, 0.5) is 0 Å². The Hall–Kier alpha value is -0.790. The highest BCUT2D eigenvalue weighted by molar-refractivity contribution is 5.71. The Morgan fingerprint density at radius 1 is 1.25 bits per heavy atom. The fourth-order valence-corrected chi connectivity index (χ4v) is 1.45. The van der Waals surface area contributed by atoms with Gasteiger partial charge in [0.15, 0.2) is 0 Å². The zero-order chi connectivity index (χ0) is 12.6. The molecule has 0 fully saturated rings. The van der Waals surface area contributed by atoms with Crippen LogP contribution in [-0.2, 0) is 4.79 Å². The predicted molar refractivity (Wildman–Crippen MR) is 65.9 cm³/mol. The molecule has 0 aliphatic carbocycles. The SMILES string of the molecule is CCCCCC/C(C)=C/CC(C)(C)C(=O)[O-]. The molecule has 2 heteroatoms. The average molecular weight is 225 g/mol. The van der Waals surface area contributed by atoms with Gasteiger partial charge in [0.05, 0.1) is 0 Å². The summed E-state index contributed by atoms with van der Waals surface area (Å²) in [7, 11) is 0. The normalized spacial score (nSPS) is 12.9. The minimum absolute atomic E-state index is 0.564. The largest absolute Gasteiger partial charge is 0.550 e. The van der Waals surface area contributed by atoms with Gasteiger partial charge in [-0.2, -0.15) is 0 Å². The highest BCUT2D eigenvalue weighted by Gasteiger charge is 2.17. The number of hydrogen-bond acceptors (Lipinski definition) is 2. The summed E-state index contributed by atoms with van der Waals surface area (Å²) in [4.78, 5) is 10.8. The van der Waals surface area contributed by atoms with E-state index in [9.17, 15) is 9.90 Å². The number of carbonyl (C=O) groups is 1. The summed E-state index contributed by atoms with van der Waals surface area (Å²) in [5.74, 6) is -0.970. The van der Waals surface area contributed by atoms with Crippen molar-refractivity contribution in [2.75, 3.05) is 0 Å². The number of carbonyl (C=O) groups excluding carboxylic acids is 1. The molecule has 0 amide bonds. The van der Waals surface area contributed by atoms with E-state index in [0.29, 0.717) is 6.42 Å². The number of unbranched alkanes of at least 4 members (excludes halogenated alkanes) is 3. The standard InChI is InChI=1S/C14H26O2/c1-5-6-7-8-9-12(2)10-11-14(3,4)13(15)16/h10H,5-9,11H2,1-4H3,(H,15,16)/p-1/b12-10+. The van der Waals surface area contributed by atoms with Gasteiger partial charge in [-0.05, 0) is 26.2 Å². The minimum Gasteiger partial charge on any atom is -0.550 e. The van der Waals surface area contributed by atoms with Gasteiger partial charge < -0.3 is 9.90 Å². The Balaban J connectivity index is 3.90. The molecule has 16 heavy (non-hydrogen) atoms. The van der Waals surface area contributed by atoms with Crippen molar-refractivity contribution in [2.45, 2.75) is 66.2 Å². The molecule has 0 unspecified atom stereocenters. The van der Waals surface area contributed by atoms with Gasteiger partial charge in [-0.3, -0.25) is 0 Å². The van der Waals surface area contributed by atoms with Crippen LogP contribution >= 0.6 is 0 Å². The first-order valence-electron chi connectivity index (χ1n) is 6.27. The first-order chi connectivity index (χ1) is 7.40. The molecule has 0 radical (unpaired) electrons. The number of rotatable bonds is 8. The molecule has 94 valence electrons. The Bertz CT molecular complexity index is 239. The summed E-state index contributed by atoms with van der Waals surface area (Å²) in [6.07, 6.45) is 8.71. The zero-order valence-electron chi connectivity index (χ0n) is 11.1. The van der Waals surface area contributed by atoms with Gasteiger partial charge in [-0.1, -0.05) is 51.7 Å². The van der Waals surface area contributed by atoms with E-state index in [0.717, 1.165) is 6.42 Å². The summed E-state index contributed by atoms with van der Waals surface area (Å²) in [5.41, 5.74) is 0.551. The van der Waals surface area contributed by atoms with Crippen LogP contribution in [0.2, 0.25) is 0 Å². The second kappa shape index (κ2) is 7.48. The average Bonchev–Trinajstić information content (AvgIpc) is 2.21. The molecule has 0 aliphatic rings. The van der Waals surface area contributed by atoms with Crippen molar-refractivity contribution in [1.29, 1.82) is 0 Å². The van der Waals surface area contributed by atoms with E-state index in [2.05, 4.69) is 13.8 Å². The third-order valence-corrected chi connectivity index (χ3v) is 2.94. The van der Waals surface area contributed by atoms with E-state index in [1.165, 1.54) is 31.3 Å². The Morgan fingerprint density at radius 3 is 2.38 bits per heavy atom. The van der Waals surface area contributed by atoms with Gasteiger partial charge in [0.2, 0.25) is 0 Å².